The average Bonchev–Trinajstić information content (AvgIpc) is 3.32. The Morgan fingerprint density at radius 3 is 2.59 bits per heavy atom. The predicted octanol–water partition coefficient (Wildman–Crippen LogP) is 5.01. The molecule has 2 unspecified atom stereocenters. The Morgan fingerprint density at radius 1 is 1.24 bits per heavy atom. The van der Waals surface area contributed by atoms with Crippen molar-refractivity contribution in [1.82, 2.24) is 9.78 Å². The number of hydrogen-bond donors (Lipinski definition) is 2. The van der Waals surface area contributed by atoms with Gasteiger partial charge in [-0.3, -0.25) is 4.79 Å². The molecule has 152 valence electrons. The number of alkyl halides is 3. The van der Waals surface area contributed by atoms with Crippen LogP contribution < -0.4 is 10.6 Å². The summed E-state index contributed by atoms with van der Waals surface area (Å²) in [5, 5.41) is 9.71. The van der Waals surface area contributed by atoms with Crippen LogP contribution in [-0.2, 0) is 0 Å². The summed E-state index contributed by atoms with van der Waals surface area (Å²) in [6, 6.07) is 7.58. The van der Waals surface area contributed by atoms with Crippen LogP contribution >= 0.6 is 0 Å². The highest BCUT2D eigenvalue weighted by Crippen LogP contribution is 2.43. The second-order valence-electron chi connectivity index (χ2n) is 7.09. The lowest BCUT2D eigenvalue weighted by Gasteiger charge is -2.32. The van der Waals surface area contributed by atoms with Gasteiger partial charge >= 0.3 is 6.18 Å². The zero-order valence-corrected chi connectivity index (χ0v) is 15.7. The molecule has 1 aliphatic rings. The summed E-state index contributed by atoms with van der Waals surface area (Å²) in [4.78, 5) is 12.7. The minimum Gasteiger partial charge on any atom is -0.467 e. The van der Waals surface area contributed by atoms with Crippen LogP contribution in [0, 0.1) is 13.8 Å². The first-order valence-corrected chi connectivity index (χ1v) is 9.08. The summed E-state index contributed by atoms with van der Waals surface area (Å²) >= 11 is 0. The molecule has 0 bridgehead atoms. The summed E-state index contributed by atoms with van der Waals surface area (Å²) in [5.41, 5.74) is 2.24. The second-order valence-corrected chi connectivity index (χ2v) is 7.09. The topological polar surface area (TPSA) is 72.1 Å². The van der Waals surface area contributed by atoms with E-state index in [4.69, 9.17) is 4.42 Å². The normalized spacial score (nSPS) is 18.8. The van der Waals surface area contributed by atoms with E-state index in [0.29, 0.717) is 11.4 Å². The Balaban J connectivity index is 1.66. The molecule has 1 amide bonds. The molecular formula is C20H19F3N4O2. The summed E-state index contributed by atoms with van der Waals surface area (Å²) in [6.07, 6.45) is -3.40. The van der Waals surface area contributed by atoms with Crippen molar-refractivity contribution in [2.75, 3.05) is 10.6 Å². The first-order valence-electron chi connectivity index (χ1n) is 9.08. The number of aryl methyl sites for hydroxylation is 2. The van der Waals surface area contributed by atoms with Gasteiger partial charge in [0.05, 0.1) is 12.3 Å². The Hall–Kier alpha value is -3.23. The standard InChI is InChI=1S/C20H19F3N4O2/c1-11-5-3-6-12(2)18(11)25-19(28)14-10-17-24-13(15-7-4-8-29-15)9-16(20(21,22)23)27(17)26-14/h3-8,10,13,16,24H,9H2,1-2H3,(H,25,28). The monoisotopic (exact) mass is 404 g/mol. The van der Waals surface area contributed by atoms with Gasteiger partial charge in [0.1, 0.15) is 11.6 Å². The molecule has 0 radical (unpaired) electrons. The lowest BCUT2D eigenvalue weighted by atomic mass is 10.0. The third-order valence-electron chi connectivity index (χ3n) is 5.03. The number of amides is 1. The SMILES string of the molecule is Cc1cccc(C)c1NC(=O)c1cc2n(n1)C(C(F)(F)F)CC(c1ccco1)N2. The van der Waals surface area contributed by atoms with Gasteiger partial charge in [0.15, 0.2) is 11.7 Å². The molecule has 1 aromatic carbocycles. The van der Waals surface area contributed by atoms with Gasteiger partial charge in [0.25, 0.3) is 5.91 Å². The van der Waals surface area contributed by atoms with E-state index in [-0.39, 0.29) is 17.9 Å². The van der Waals surface area contributed by atoms with Crippen molar-refractivity contribution in [3.8, 4) is 0 Å². The van der Waals surface area contributed by atoms with Gasteiger partial charge in [-0.2, -0.15) is 18.3 Å². The van der Waals surface area contributed by atoms with Crippen LogP contribution in [-0.4, -0.2) is 21.9 Å². The third-order valence-corrected chi connectivity index (χ3v) is 5.03. The predicted molar refractivity (Wildman–Crippen MR) is 101 cm³/mol. The largest absolute Gasteiger partial charge is 0.467 e. The maximum atomic E-state index is 13.7. The van der Waals surface area contributed by atoms with Gasteiger partial charge in [-0.05, 0) is 37.1 Å². The Kier molecular flexibility index (Phi) is 4.60. The molecule has 2 atom stereocenters. The molecule has 3 heterocycles. The first-order chi connectivity index (χ1) is 13.7. The maximum absolute atomic E-state index is 13.7. The van der Waals surface area contributed by atoms with Crippen LogP contribution in [0.2, 0.25) is 0 Å². The molecule has 0 saturated heterocycles. The molecule has 0 aliphatic carbocycles. The second kappa shape index (κ2) is 6.98. The van der Waals surface area contributed by atoms with Crippen LogP contribution in [0.5, 0.6) is 0 Å². The fourth-order valence-electron chi connectivity index (χ4n) is 3.55. The van der Waals surface area contributed by atoms with Crippen molar-refractivity contribution in [3.63, 3.8) is 0 Å². The van der Waals surface area contributed by atoms with E-state index in [0.717, 1.165) is 15.8 Å². The molecule has 3 aromatic rings. The van der Waals surface area contributed by atoms with Crippen molar-refractivity contribution in [2.45, 2.75) is 38.5 Å². The van der Waals surface area contributed by atoms with Gasteiger partial charge in [-0.1, -0.05) is 18.2 Å². The van der Waals surface area contributed by atoms with E-state index in [9.17, 15) is 18.0 Å². The van der Waals surface area contributed by atoms with E-state index in [1.54, 1.807) is 12.1 Å². The van der Waals surface area contributed by atoms with Gasteiger partial charge in [0, 0.05) is 18.2 Å². The minimum atomic E-state index is -4.52. The third kappa shape index (κ3) is 3.59. The highest BCUT2D eigenvalue weighted by molar-refractivity contribution is 6.04. The van der Waals surface area contributed by atoms with Crippen molar-refractivity contribution in [2.24, 2.45) is 0 Å². The van der Waals surface area contributed by atoms with E-state index in [1.165, 1.54) is 12.3 Å². The van der Waals surface area contributed by atoms with Gasteiger partial charge in [-0.15, -0.1) is 0 Å². The molecule has 9 heteroatoms. The number of hydrogen-bond acceptors (Lipinski definition) is 4. The molecule has 4 rings (SSSR count). The van der Waals surface area contributed by atoms with Crippen LogP contribution in [0.4, 0.5) is 24.7 Å². The number of fused-ring (bicyclic) bond motifs is 1. The number of aromatic nitrogens is 2. The number of anilines is 2. The van der Waals surface area contributed by atoms with E-state index >= 15 is 0 Å². The number of benzene rings is 1. The number of nitrogens with zero attached hydrogens (tertiary/aromatic N) is 2. The summed E-state index contributed by atoms with van der Waals surface area (Å²) in [6.45, 7) is 3.69. The molecule has 2 aromatic heterocycles. The number of carbonyl (C=O) groups excluding carboxylic acids is 1. The number of para-hydroxylation sites is 1. The van der Waals surface area contributed by atoms with Crippen LogP contribution in [0.3, 0.4) is 0 Å². The number of rotatable bonds is 3. The first kappa shape index (κ1) is 19.1. The molecular weight excluding hydrogens is 385 g/mol. The molecule has 6 nitrogen and oxygen atoms in total. The van der Waals surface area contributed by atoms with Gasteiger partial charge in [0.2, 0.25) is 0 Å². The quantitative estimate of drug-likeness (QED) is 0.644. The van der Waals surface area contributed by atoms with Crippen molar-refractivity contribution in [1.29, 1.82) is 0 Å². The number of furan rings is 1. The number of halogens is 3. The lowest BCUT2D eigenvalue weighted by Crippen LogP contribution is -2.35. The van der Waals surface area contributed by atoms with E-state index < -0.39 is 24.2 Å². The van der Waals surface area contributed by atoms with Crippen LogP contribution in [0.25, 0.3) is 0 Å². The van der Waals surface area contributed by atoms with Crippen molar-refractivity contribution in [3.05, 3.63) is 65.2 Å². The molecule has 29 heavy (non-hydrogen) atoms. The Bertz CT molecular complexity index is 1020. The zero-order valence-electron chi connectivity index (χ0n) is 15.7. The summed E-state index contributed by atoms with van der Waals surface area (Å²) < 4.78 is 47.1. The molecule has 2 N–H and O–H groups in total. The summed E-state index contributed by atoms with van der Waals surface area (Å²) in [5.74, 6) is -0.0542. The lowest BCUT2D eigenvalue weighted by molar-refractivity contribution is -0.174. The average molecular weight is 404 g/mol. The number of carbonyl (C=O) groups is 1. The van der Waals surface area contributed by atoms with Crippen molar-refractivity contribution >= 4 is 17.4 Å². The Labute approximate surface area is 164 Å². The van der Waals surface area contributed by atoms with Gasteiger partial charge < -0.3 is 15.1 Å². The zero-order chi connectivity index (χ0) is 20.8. The van der Waals surface area contributed by atoms with Crippen molar-refractivity contribution < 1.29 is 22.4 Å². The molecule has 0 fully saturated rings. The minimum absolute atomic E-state index is 0.0931. The highest BCUT2D eigenvalue weighted by atomic mass is 19.4. The fourth-order valence-corrected chi connectivity index (χ4v) is 3.55. The molecule has 0 saturated carbocycles. The summed E-state index contributed by atoms with van der Waals surface area (Å²) in [7, 11) is 0. The van der Waals surface area contributed by atoms with E-state index in [2.05, 4.69) is 15.7 Å². The van der Waals surface area contributed by atoms with Crippen LogP contribution in [0.1, 0.15) is 45.9 Å². The number of nitrogens with one attached hydrogen (secondary N) is 2. The molecule has 1 aliphatic heterocycles. The van der Waals surface area contributed by atoms with E-state index in [1.807, 2.05) is 32.0 Å². The molecule has 0 spiro atoms. The van der Waals surface area contributed by atoms with Crippen LogP contribution in [0.15, 0.2) is 47.1 Å². The smallest absolute Gasteiger partial charge is 0.410 e. The van der Waals surface area contributed by atoms with Gasteiger partial charge in [-0.25, -0.2) is 4.68 Å². The highest BCUT2D eigenvalue weighted by Gasteiger charge is 2.47. The Morgan fingerprint density at radius 2 is 1.97 bits per heavy atom. The maximum Gasteiger partial charge on any atom is 0.410 e. The fraction of sp³-hybridized carbons (Fsp3) is 0.300.